The Morgan fingerprint density at radius 2 is 1.49 bits per heavy atom. The first-order valence-corrected chi connectivity index (χ1v) is 16.1. The Morgan fingerprint density at radius 1 is 0.837 bits per heavy atom. The van der Waals surface area contributed by atoms with Gasteiger partial charge >= 0.3 is 0 Å². The fraction of sp³-hybridized carbons (Fsp3) is 0.220. The van der Waals surface area contributed by atoms with Gasteiger partial charge in [0.15, 0.2) is 0 Å². The summed E-state index contributed by atoms with van der Waals surface area (Å²) in [5.41, 5.74) is 13.2. The molecule has 3 aliphatic rings. The smallest absolute Gasteiger partial charge is 0.0563 e. The number of halogens is 1. The van der Waals surface area contributed by atoms with E-state index in [2.05, 4.69) is 171 Å². The summed E-state index contributed by atoms with van der Waals surface area (Å²) < 4.78 is 1.10. The van der Waals surface area contributed by atoms with Crippen LogP contribution < -0.4 is 4.90 Å². The Balaban J connectivity index is 1.40. The van der Waals surface area contributed by atoms with Crippen molar-refractivity contribution in [2.24, 2.45) is 0 Å². The van der Waals surface area contributed by atoms with Crippen molar-refractivity contribution in [3.05, 3.63) is 159 Å². The number of benzene rings is 4. The Morgan fingerprint density at radius 3 is 2.21 bits per heavy atom. The topological polar surface area (TPSA) is 3.24 Å². The normalized spacial score (nSPS) is 19.9. The third kappa shape index (κ3) is 4.33. The van der Waals surface area contributed by atoms with Crippen molar-refractivity contribution in [2.75, 3.05) is 4.90 Å². The van der Waals surface area contributed by atoms with Crippen LogP contribution in [0.5, 0.6) is 0 Å². The summed E-state index contributed by atoms with van der Waals surface area (Å²) in [4.78, 5) is 2.52. The lowest BCUT2D eigenvalue weighted by Crippen LogP contribution is -2.35. The van der Waals surface area contributed by atoms with Gasteiger partial charge in [0.2, 0.25) is 0 Å². The van der Waals surface area contributed by atoms with E-state index in [0.717, 1.165) is 16.6 Å². The van der Waals surface area contributed by atoms with Crippen LogP contribution in [0, 0.1) is 0 Å². The fourth-order valence-corrected chi connectivity index (χ4v) is 8.13. The number of rotatable bonds is 5. The van der Waals surface area contributed by atoms with Gasteiger partial charge < -0.3 is 4.90 Å². The van der Waals surface area contributed by atoms with E-state index in [0.29, 0.717) is 0 Å². The zero-order chi connectivity index (χ0) is 30.1. The van der Waals surface area contributed by atoms with Crippen molar-refractivity contribution in [2.45, 2.75) is 57.9 Å². The molecule has 3 aliphatic carbocycles. The summed E-state index contributed by atoms with van der Waals surface area (Å²) in [6.45, 7) is 16.1. The van der Waals surface area contributed by atoms with Crippen molar-refractivity contribution >= 4 is 43.5 Å². The lowest BCUT2D eigenvalue weighted by molar-refractivity contribution is 0.640. The van der Waals surface area contributed by atoms with Gasteiger partial charge in [-0.25, -0.2) is 0 Å². The molecule has 0 spiro atoms. The molecular formula is C41H38BrN. The number of anilines is 1. The van der Waals surface area contributed by atoms with Crippen molar-refractivity contribution in [1.29, 1.82) is 0 Å². The van der Waals surface area contributed by atoms with Crippen molar-refractivity contribution in [1.82, 2.24) is 0 Å². The molecular weight excluding hydrogens is 586 g/mol. The minimum absolute atomic E-state index is 0.0469. The van der Waals surface area contributed by atoms with E-state index < -0.39 is 0 Å². The molecule has 0 fully saturated rings. The standard InChI is InChI=1S/C41H38BrN/c1-7-30(24-38-26(2)33-12-8-10-14-36(33)40(38,3)4)43(31-19-17-27-22-29(42)18-16-28(27)23-31)32-20-21-35-34-13-9-11-15-37(34)41(5,6)39(35)25-32/h7-19,21-25,32H,1,20H2,2-6H3/b30-24+. The molecule has 0 aromatic heterocycles. The van der Waals surface area contributed by atoms with E-state index in [-0.39, 0.29) is 16.9 Å². The maximum absolute atomic E-state index is 4.39. The molecule has 0 aliphatic heterocycles. The Hall–Kier alpha value is -3.88. The molecule has 0 N–H and O–H groups in total. The summed E-state index contributed by atoms with van der Waals surface area (Å²) in [5.74, 6) is 0. The number of allylic oxidation sites excluding steroid dienone is 6. The minimum Gasteiger partial charge on any atom is -0.334 e. The highest BCUT2D eigenvalue weighted by atomic mass is 79.9. The van der Waals surface area contributed by atoms with Gasteiger partial charge in [-0.05, 0) is 105 Å². The van der Waals surface area contributed by atoms with Gasteiger partial charge in [0, 0.05) is 26.7 Å². The first kappa shape index (κ1) is 27.9. The van der Waals surface area contributed by atoms with Crippen LogP contribution in [0.1, 0.15) is 63.3 Å². The SMILES string of the molecule is C=C/C(=C\C1=C(C)c2ccccc2C1(C)C)N(c1ccc2cc(Br)ccc2c1)C1C=C2C(=CC1)c1ccccc1C2(C)C. The Bertz CT molecular complexity index is 1940. The van der Waals surface area contributed by atoms with E-state index in [1.807, 2.05) is 0 Å². The van der Waals surface area contributed by atoms with Crippen LogP contribution in [0.15, 0.2) is 137 Å². The Labute approximate surface area is 264 Å². The zero-order valence-electron chi connectivity index (χ0n) is 25.7. The van der Waals surface area contributed by atoms with E-state index in [1.165, 1.54) is 61.0 Å². The molecule has 43 heavy (non-hydrogen) atoms. The first-order valence-electron chi connectivity index (χ1n) is 15.3. The third-order valence-electron chi connectivity index (χ3n) is 10.0. The number of nitrogens with zero attached hydrogens (tertiary/aromatic N) is 1. The molecule has 0 bridgehead atoms. The molecule has 0 saturated heterocycles. The van der Waals surface area contributed by atoms with Crippen LogP contribution in [0.3, 0.4) is 0 Å². The Kier molecular flexibility index (Phi) is 6.56. The highest BCUT2D eigenvalue weighted by Crippen LogP contribution is 2.52. The van der Waals surface area contributed by atoms with Crippen molar-refractivity contribution in [3.8, 4) is 0 Å². The predicted octanol–water partition coefficient (Wildman–Crippen LogP) is 11.3. The maximum atomic E-state index is 4.39. The molecule has 1 atom stereocenters. The molecule has 7 rings (SSSR count). The average molecular weight is 625 g/mol. The van der Waals surface area contributed by atoms with E-state index in [4.69, 9.17) is 0 Å². The highest BCUT2D eigenvalue weighted by Gasteiger charge is 2.41. The highest BCUT2D eigenvalue weighted by molar-refractivity contribution is 9.10. The van der Waals surface area contributed by atoms with Crippen LogP contribution in [-0.2, 0) is 10.8 Å². The van der Waals surface area contributed by atoms with Gasteiger partial charge in [-0.1, -0.05) is 123 Å². The van der Waals surface area contributed by atoms with E-state index in [1.54, 1.807) is 0 Å². The average Bonchev–Trinajstić information content (AvgIpc) is 3.35. The molecule has 0 radical (unpaired) electrons. The number of fused-ring (bicyclic) bond motifs is 5. The maximum Gasteiger partial charge on any atom is 0.0563 e. The lowest BCUT2D eigenvalue weighted by Gasteiger charge is -2.37. The molecule has 4 aromatic carbocycles. The van der Waals surface area contributed by atoms with Gasteiger partial charge in [0.05, 0.1) is 6.04 Å². The fourth-order valence-electron chi connectivity index (χ4n) is 7.75. The quantitative estimate of drug-likeness (QED) is 0.200. The van der Waals surface area contributed by atoms with Gasteiger partial charge in [-0.2, -0.15) is 0 Å². The third-order valence-corrected chi connectivity index (χ3v) is 10.5. The summed E-state index contributed by atoms with van der Waals surface area (Å²) in [7, 11) is 0. The number of hydrogen-bond acceptors (Lipinski definition) is 1. The first-order chi connectivity index (χ1) is 20.6. The summed E-state index contributed by atoms with van der Waals surface area (Å²) in [6.07, 6.45) is 10.4. The van der Waals surface area contributed by atoms with Crippen LogP contribution >= 0.6 is 15.9 Å². The van der Waals surface area contributed by atoms with Gasteiger partial charge in [0.1, 0.15) is 0 Å². The molecule has 0 heterocycles. The molecule has 1 unspecified atom stereocenters. The second-order valence-electron chi connectivity index (χ2n) is 13.2. The van der Waals surface area contributed by atoms with Gasteiger partial charge in [-0.3, -0.25) is 0 Å². The predicted molar refractivity (Wildman–Crippen MR) is 188 cm³/mol. The summed E-state index contributed by atoms with van der Waals surface area (Å²) in [6, 6.07) is 31.3. The van der Waals surface area contributed by atoms with Gasteiger partial charge in [0.25, 0.3) is 0 Å². The zero-order valence-corrected chi connectivity index (χ0v) is 27.3. The largest absolute Gasteiger partial charge is 0.334 e. The van der Waals surface area contributed by atoms with Crippen LogP contribution in [0.25, 0.3) is 21.9 Å². The second-order valence-corrected chi connectivity index (χ2v) is 14.1. The summed E-state index contributed by atoms with van der Waals surface area (Å²) in [5, 5.41) is 2.45. The molecule has 0 amide bonds. The molecule has 4 aromatic rings. The second kappa shape index (κ2) is 10.1. The van der Waals surface area contributed by atoms with Gasteiger partial charge in [-0.15, -0.1) is 0 Å². The van der Waals surface area contributed by atoms with Crippen LogP contribution in [0.4, 0.5) is 5.69 Å². The minimum atomic E-state index is -0.0938. The lowest BCUT2D eigenvalue weighted by atomic mass is 9.79. The molecule has 2 heteroatoms. The summed E-state index contributed by atoms with van der Waals surface area (Å²) >= 11 is 3.65. The molecule has 0 saturated carbocycles. The molecule has 214 valence electrons. The van der Waals surface area contributed by atoms with E-state index in [9.17, 15) is 0 Å². The molecule has 1 nitrogen and oxygen atoms in total. The number of hydrogen-bond donors (Lipinski definition) is 0. The van der Waals surface area contributed by atoms with Crippen molar-refractivity contribution in [3.63, 3.8) is 0 Å². The monoisotopic (exact) mass is 623 g/mol. The van der Waals surface area contributed by atoms with E-state index >= 15 is 0 Å². The van der Waals surface area contributed by atoms with Crippen molar-refractivity contribution < 1.29 is 0 Å². The van der Waals surface area contributed by atoms with Crippen LogP contribution in [0.2, 0.25) is 0 Å². The van der Waals surface area contributed by atoms with Crippen LogP contribution in [-0.4, -0.2) is 6.04 Å².